The van der Waals surface area contributed by atoms with Crippen molar-refractivity contribution < 1.29 is 23.9 Å². The van der Waals surface area contributed by atoms with Gasteiger partial charge in [0.1, 0.15) is 11.8 Å². The van der Waals surface area contributed by atoms with Crippen LogP contribution in [-0.2, 0) is 14.4 Å². The Balaban J connectivity index is 1.31. The van der Waals surface area contributed by atoms with Crippen molar-refractivity contribution in [2.75, 3.05) is 63.1 Å². The first-order chi connectivity index (χ1) is 17.8. The fourth-order valence-corrected chi connectivity index (χ4v) is 4.65. The lowest BCUT2D eigenvalue weighted by Crippen LogP contribution is -2.60. The van der Waals surface area contributed by atoms with E-state index in [1.807, 2.05) is 24.3 Å². The van der Waals surface area contributed by atoms with Crippen LogP contribution in [0.3, 0.4) is 0 Å². The van der Waals surface area contributed by atoms with Crippen LogP contribution in [-0.4, -0.2) is 92.3 Å². The molecule has 1 unspecified atom stereocenters. The predicted octanol–water partition coefficient (Wildman–Crippen LogP) is 1.38. The number of carbonyl (C=O) groups is 4. The summed E-state index contributed by atoms with van der Waals surface area (Å²) in [5.41, 5.74) is 2.16. The zero-order valence-electron chi connectivity index (χ0n) is 21.2. The van der Waals surface area contributed by atoms with E-state index in [1.165, 1.54) is 11.8 Å². The predicted molar refractivity (Wildman–Crippen MR) is 140 cm³/mol. The molecule has 2 N–H and O–H groups in total. The molecule has 10 heteroatoms. The SMILES string of the molecule is COc1cccc(N2CCN(CC(=O)N3CCNC(=O)C3CC(=O)Nc3ccc(C(C)=O)cc3)CC2)c1. The molecule has 1 atom stereocenters. The van der Waals surface area contributed by atoms with Crippen LogP contribution in [0.15, 0.2) is 48.5 Å². The fourth-order valence-electron chi connectivity index (χ4n) is 4.65. The Hall–Kier alpha value is -3.92. The third-order valence-corrected chi connectivity index (χ3v) is 6.75. The Morgan fingerprint density at radius 1 is 1.03 bits per heavy atom. The Morgan fingerprint density at radius 3 is 2.43 bits per heavy atom. The lowest BCUT2D eigenvalue weighted by atomic mass is 10.1. The average molecular weight is 508 g/mol. The van der Waals surface area contributed by atoms with Crippen LogP contribution >= 0.6 is 0 Å². The van der Waals surface area contributed by atoms with Gasteiger partial charge in [0.05, 0.1) is 20.1 Å². The minimum absolute atomic E-state index is 0.0624. The van der Waals surface area contributed by atoms with Crippen LogP contribution in [0, 0.1) is 0 Å². The minimum atomic E-state index is -0.865. The molecule has 0 radical (unpaired) electrons. The molecule has 2 fully saturated rings. The van der Waals surface area contributed by atoms with E-state index in [2.05, 4.69) is 20.4 Å². The summed E-state index contributed by atoms with van der Waals surface area (Å²) in [6.45, 7) is 5.36. The summed E-state index contributed by atoms with van der Waals surface area (Å²) in [7, 11) is 1.65. The number of hydrogen-bond acceptors (Lipinski definition) is 7. The molecule has 10 nitrogen and oxygen atoms in total. The van der Waals surface area contributed by atoms with Crippen LogP contribution in [0.5, 0.6) is 5.75 Å². The number of ether oxygens (including phenoxy) is 1. The molecule has 2 aromatic carbocycles. The number of ketones is 1. The number of methoxy groups -OCH3 is 1. The van der Waals surface area contributed by atoms with Gasteiger partial charge in [0.25, 0.3) is 0 Å². The topological polar surface area (TPSA) is 111 Å². The van der Waals surface area contributed by atoms with Gasteiger partial charge < -0.3 is 25.2 Å². The Morgan fingerprint density at radius 2 is 1.76 bits per heavy atom. The quantitative estimate of drug-likeness (QED) is 0.519. The second-order valence-electron chi connectivity index (χ2n) is 9.24. The summed E-state index contributed by atoms with van der Waals surface area (Å²) in [5.74, 6) is -0.116. The molecule has 196 valence electrons. The second kappa shape index (κ2) is 11.9. The molecular weight excluding hydrogens is 474 g/mol. The number of carbonyl (C=O) groups excluding carboxylic acids is 4. The van der Waals surface area contributed by atoms with Crippen LogP contribution in [0.1, 0.15) is 23.7 Å². The highest BCUT2D eigenvalue weighted by atomic mass is 16.5. The van der Waals surface area contributed by atoms with Crippen molar-refractivity contribution in [3.63, 3.8) is 0 Å². The van der Waals surface area contributed by atoms with Crippen LogP contribution < -0.4 is 20.3 Å². The first-order valence-electron chi connectivity index (χ1n) is 12.4. The normalized spacial score (nSPS) is 18.2. The maximum atomic E-state index is 13.2. The monoisotopic (exact) mass is 507 g/mol. The number of nitrogens with zero attached hydrogens (tertiary/aromatic N) is 3. The zero-order chi connectivity index (χ0) is 26.4. The molecular formula is C27H33N5O5. The lowest BCUT2D eigenvalue weighted by molar-refractivity contribution is -0.145. The fraction of sp³-hybridized carbons (Fsp3) is 0.407. The minimum Gasteiger partial charge on any atom is -0.497 e. The largest absolute Gasteiger partial charge is 0.497 e. The molecule has 4 rings (SSSR count). The third kappa shape index (κ3) is 6.65. The molecule has 0 aromatic heterocycles. The van der Waals surface area contributed by atoms with Gasteiger partial charge in [0.15, 0.2) is 5.78 Å². The molecule has 2 saturated heterocycles. The van der Waals surface area contributed by atoms with Gasteiger partial charge in [0.2, 0.25) is 17.7 Å². The summed E-state index contributed by atoms with van der Waals surface area (Å²) in [5, 5.41) is 5.51. The van der Waals surface area contributed by atoms with Gasteiger partial charge in [-0.25, -0.2) is 0 Å². The molecule has 2 aromatic rings. The number of rotatable bonds is 8. The molecule has 3 amide bonds. The van der Waals surface area contributed by atoms with E-state index in [1.54, 1.807) is 31.4 Å². The van der Waals surface area contributed by atoms with Crippen LogP contribution in [0.4, 0.5) is 11.4 Å². The van der Waals surface area contributed by atoms with Crippen molar-refractivity contribution in [1.82, 2.24) is 15.1 Å². The van der Waals surface area contributed by atoms with Crippen molar-refractivity contribution in [2.45, 2.75) is 19.4 Å². The van der Waals surface area contributed by atoms with Gasteiger partial charge in [-0.05, 0) is 43.3 Å². The third-order valence-electron chi connectivity index (χ3n) is 6.75. The van der Waals surface area contributed by atoms with E-state index >= 15 is 0 Å². The van der Waals surface area contributed by atoms with Gasteiger partial charge in [-0.1, -0.05) is 6.07 Å². The number of amides is 3. The lowest BCUT2D eigenvalue weighted by Gasteiger charge is -2.39. The zero-order valence-corrected chi connectivity index (χ0v) is 21.2. The van der Waals surface area contributed by atoms with Gasteiger partial charge in [-0.15, -0.1) is 0 Å². The van der Waals surface area contributed by atoms with Crippen molar-refractivity contribution >= 4 is 34.9 Å². The van der Waals surface area contributed by atoms with Crippen molar-refractivity contribution in [3.05, 3.63) is 54.1 Å². The summed E-state index contributed by atoms with van der Waals surface area (Å²) in [6.07, 6.45) is -0.143. The molecule has 37 heavy (non-hydrogen) atoms. The maximum absolute atomic E-state index is 13.2. The molecule has 2 aliphatic heterocycles. The highest BCUT2D eigenvalue weighted by Gasteiger charge is 2.35. The highest BCUT2D eigenvalue weighted by molar-refractivity contribution is 5.98. The van der Waals surface area contributed by atoms with Gasteiger partial charge in [-0.2, -0.15) is 0 Å². The summed E-state index contributed by atoms with van der Waals surface area (Å²) >= 11 is 0. The van der Waals surface area contributed by atoms with E-state index in [9.17, 15) is 19.2 Å². The Kier molecular flexibility index (Phi) is 8.39. The Bertz CT molecular complexity index is 1140. The van der Waals surface area contributed by atoms with Crippen LogP contribution in [0.2, 0.25) is 0 Å². The van der Waals surface area contributed by atoms with Gasteiger partial charge >= 0.3 is 0 Å². The van der Waals surface area contributed by atoms with E-state index < -0.39 is 6.04 Å². The van der Waals surface area contributed by atoms with Crippen molar-refractivity contribution in [1.29, 1.82) is 0 Å². The van der Waals surface area contributed by atoms with E-state index in [0.717, 1.165) is 24.5 Å². The summed E-state index contributed by atoms with van der Waals surface area (Å²) < 4.78 is 5.32. The molecule has 0 aliphatic carbocycles. The molecule has 0 saturated carbocycles. The van der Waals surface area contributed by atoms with Gasteiger partial charge in [0, 0.05) is 62.3 Å². The molecule has 0 bridgehead atoms. The molecule has 0 spiro atoms. The first kappa shape index (κ1) is 26.2. The highest BCUT2D eigenvalue weighted by Crippen LogP contribution is 2.22. The molecule has 2 heterocycles. The Labute approximate surface area is 216 Å². The van der Waals surface area contributed by atoms with Crippen molar-refractivity contribution in [3.8, 4) is 5.75 Å². The van der Waals surface area contributed by atoms with Crippen LogP contribution in [0.25, 0.3) is 0 Å². The second-order valence-corrected chi connectivity index (χ2v) is 9.24. The summed E-state index contributed by atoms with van der Waals surface area (Å²) in [4.78, 5) is 55.8. The number of anilines is 2. The number of hydrogen-bond donors (Lipinski definition) is 2. The number of nitrogens with one attached hydrogen (secondary N) is 2. The number of piperazine rings is 2. The summed E-state index contributed by atoms with van der Waals surface area (Å²) in [6, 6.07) is 13.6. The van der Waals surface area contributed by atoms with E-state index in [-0.39, 0.29) is 36.5 Å². The maximum Gasteiger partial charge on any atom is 0.243 e. The van der Waals surface area contributed by atoms with Crippen molar-refractivity contribution in [2.24, 2.45) is 0 Å². The first-order valence-corrected chi connectivity index (χ1v) is 12.4. The number of benzene rings is 2. The van der Waals surface area contributed by atoms with E-state index in [4.69, 9.17) is 4.74 Å². The molecule has 2 aliphatic rings. The number of Topliss-reactive ketones (excluding diaryl/α,β-unsaturated/α-hetero) is 1. The smallest absolute Gasteiger partial charge is 0.243 e. The standard InChI is InChI=1S/C27H33N5O5/c1-19(33)20-6-8-21(9-7-20)29-25(34)17-24-27(36)28-10-11-32(24)26(35)18-30-12-14-31(15-13-30)22-4-3-5-23(16-22)37-2/h3-9,16,24H,10-15,17-18H2,1-2H3,(H,28,36)(H,29,34). The van der Waals surface area contributed by atoms with E-state index in [0.29, 0.717) is 37.4 Å². The average Bonchev–Trinajstić information content (AvgIpc) is 2.90. The van der Waals surface area contributed by atoms with Gasteiger partial charge in [-0.3, -0.25) is 24.1 Å².